The number of pyridine rings is 1. The molecule has 1 saturated heterocycles. The summed E-state index contributed by atoms with van der Waals surface area (Å²) in [5, 5.41) is 21.5. The molecule has 1 fully saturated rings. The number of carboxylic acid groups (broad SMARTS) is 1. The molecule has 0 unspecified atom stereocenters. The molecular weight excluding hydrogens is 402 g/mol. The fraction of sp³-hybridized carbons (Fsp3) is 0.200. The Labute approximate surface area is 185 Å². The number of aromatic carboxylic acids is 1. The molecule has 160 valence electrons. The van der Waals surface area contributed by atoms with E-state index in [1.807, 2.05) is 18.2 Å². The van der Waals surface area contributed by atoms with Gasteiger partial charge >= 0.3 is 5.97 Å². The fourth-order valence-corrected chi connectivity index (χ4v) is 4.18. The van der Waals surface area contributed by atoms with Crippen LogP contribution in [0.4, 0.5) is 0 Å². The van der Waals surface area contributed by atoms with Crippen LogP contribution in [-0.2, 0) is 0 Å². The molecule has 1 aliphatic heterocycles. The fourth-order valence-electron chi connectivity index (χ4n) is 4.18. The third kappa shape index (κ3) is 4.15. The smallest absolute Gasteiger partial charge is 0.335 e. The first-order valence-corrected chi connectivity index (χ1v) is 10.7. The highest BCUT2D eigenvalue weighted by molar-refractivity contribution is 5.90. The van der Waals surface area contributed by atoms with Gasteiger partial charge in [0.25, 0.3) is 0 Å². The Balaban J connectivity index is 1.49. The monoisotopic (exact) mass is 425 g/mol. The molecule has 7 nitrogen and oxygen atoms in total. The molecule has 2 aromatic heterocycles. The first-order valence-electron chi connectivity index (χ1n) is 10.7. The van der Waals surface area contributed by atoms with E-state index in [0.29, 0.717) is 17.3 Å². The van der Waals surface area contributed by atoms with Crippen LogP contribution in [-0.4, -0.2) is 44.1 Å². The highest BCUT2D eigenvalue weighted by Gasteiger charge is 2.16. The van der Waals surface area contributed by atoms with Crippen LogP contribution >= 0.6 is 0 Å². The van der Waals surface area contributed by atoms with Crippen LogP contribution in [0, 0.1) is 0 Å². The number of carboxylic acids is 1. The molecule has 0 aliphatic carbocycles. The Morgan fingerprint density at radius 3 is 2.41 bits per heavy atom. The Morgan fingerprint density at radius 1 is 0.938 bits per heavy atom. The molecule has 2 N–H and O–H groups in total. The highest BCUT2D eigenvalue weighted by atomic mass is 16.4. The van der Waals surface area contributed by atoms with Crippen molar-refractivity contribution in [1.29, 1.82) is 0 Å². The van der Waals surface area contributed by atoms with Gasteiger partial charge in [-0.1, -0.05) is 29.5 Å². The minimum atomic E-state index is -0.978. The number of carbonyl (C=O) groups is 1. The number of aromatic nitrogens is 4. The predicted octanol–water partition coefficient (Wildman–Crippen LogP) is 4.16. The van der Waals surface area contributed by atoms with E-state index in [1.54, 1.807) is 35.4 Å². The number of hydrogen-bond donors (Lipinski definition) is 2. The van der Waals surface area contributed by atoms with Gasteiger partial charge in [-0.15, -0.1) is 5.10 Å². The van der Waals surface area contributed by atoms with Crippen LogP contribution < -0.4 is 5.32 Å². The van der Waals surface area contributed by atoms with Crippen molar-refractivity contribution in [2.24, 2.45) is 0 Å². The van der Waals surface area contributed by atoms with Crippen LogP contribution in [0.5, 0.6) is 0 Å². The number of nitrogens with one attached hydrogen (secondary N) is 1. The van der Waals surface area contributed by atoms with Gasteiger partial charge in [-0.3, -0.25) is 4.98 Å². The maximum Gasteiger partial charge on any atom is 0.335 e. The zero-order chi connectivity index (χ0) is 21.9. The lowest BCUT2D eigenvalue weighted by atomic mass is 9.89. The summed E-state index contributed by atoms with van der Waals surface area (Å²) < 4.78 is 1.61. The van der Waals surface area contributed by atoms with Crippen molar-refractivity contribution in [1.82, 2.24) is 25.3 Å². The summed E-state index contributed by atoms with van der Waals surface area (Å²) in [6.45, 7) is 2.10. The molecule has 0 saturated carbocycles. The van der Waals surface area contributed by atoms with E-state index >= 15 is 0 Å². The third-order valence-electron chi connectivity index (χ3n) is 5.95. The van der Waals surface area contributed by atoms with E-state index in [9.17, 15) is 9.90 Å². The molecule has 0 radical (unpaired) electrons. The van der Waals surface area contributed by atoms with Crippen LogP contribution in [0.1, 0.15) is 34.7 Å². The van der Waals surface area contributed by atoms with E-state index in [-0.39, 0.29) is 5.56 Å². The summed E-state index contributed by atoms with van der Waals surface area (Å²) in [6, 6.07) is 17.4. The number of piperidine rings is 1. The molecule has 2 aromatic carbocycles. The summed E-state index contributed by atoms with van der Waals surface area (Å²) in [5.74, 6) is -0.401. The van der Waals surface area contributed by atoms with Gasteiger partial charge in [-0.05, 0) is 78.9 Å². The first-order chi connectivity index (χ1) is 15.7. The van der Waals surface area contributed by atoms with Crippen LogP contribution in [0.25, 0.3) is 28.1 Å². The normalized spacial score (nSPS) is 14.4. The molecule has 4 aromatic rings. The van der Waals surface area contributed by atoms with Gasteiger partial charge in [0, 0.05) is 18.0 Å². The summed E-state index contributed by atoms with van der Waals surface area (Å²) in [4.78, 5) is 15.8. The van der Waals surface area contributed by atoms with Gasteiger partial charge in [0.1, 0.15) is 5.69 Å². The summed E-state index contributed by atoms with van der Waals surface area (Å²) in [5.41, 5.74) is 5.59. The van der Waals surface area contributed by atoms with Crippen molar-refractivity contribution in [3.05, 3.63) is 84.3 Å². The van der Waals surface area contributed by atoms with Gasteiger partial charge in [-0.2, -0.15) is 0 Å². The Bertz CT molecular complexity index is 1230. The van der Waals surface area contributed by atoms with Crippen LogP contribution in [0.3, 0.4) is 0 Å². The molecule has 32 heavy (non-hydrogen) atoms. The SMILES string of the molecule is O=C(O)c1cc(-c2ccc(C3CCNCC3)cc2)cc(-n2cc(-c3ccncc3)nn2)c1. The number of benzene rings is 2. The second-order valence-corrected chi connectivity index (χ2v) is 8.00. The van der Waals surface area contributed by atoms with Crippen molar-refractivity contribution in [3.8, 4) is 28.1 Å². The third-order valence-corrected chi connectivity index (χ3v) is 5.95. The van der Waals surface area contributed by atoms with Crippen molar-refractivity contribution in [2.75, 3.05) is 13.1 Å². The van der Waals surface area contributed by atoms with Crippen LogP contribution in [0.2, 0.25) is 0 Å². The van der Waals surface area contributed by atoms with Gasteiger partial charge in [0.15, 0.2) is 0 Å². The number of nitrogens with zero attached hydrogens (tertiary/aromatic N) is 4. The largest absolute Gasteiger partial charge is 0.478 e. The van der Waals surface area contributed by atoms with E-state index in [4.69, 9.17) is 0 Å². The van der Waals surface area contributed by atoms with E-state index < -0.39 is 5.97 Å². The Morgan fingerprint density at radius 2 is 1.69 bits per heavy atom. The van der Waals surface area contributed by atoms with E-state index in [2.05, 4.69) is 44.9 Å². The van der Waals surface area contributed by atoms with Gasteiger partial charge in [0.05, 0.1) is 17.4 Å². The lowest BCUT2D eigenvalue weighted by Crippen LogP contribution is -2.26. The van der Waals surface area contributed by atoms with Crippen LogP contribution in [0.15, 0.2) is 73.2 Å². The summed E-state index contributed by atoms with van der Waals surface area (Å²) in [7, 11) is 0. The van der Waals surface area contributed by atoms with Crippen molar-refractivity contribution < 1.29 is 9.90 Å². The van der Waals surface area contributed by atoms with Gasteiger partial charge < -0.3 is 10.4 Å². The summed E-state index contributed by atoms with van der Waals surface area (Å²) in [6.07, 6.45) is 7.48. The molecule has 0 amide bonds. The van der Waals surface area contributed by atoms with Gasteiger partial charge in [-0.25, -0.2) is 9.48 Å². The zero-order valence-electron chi connectivity index (χ0n) is 17.5. The average Bonchev–Trinajstić information content (AvgIpc) is 3.35. The maximum atomic E-state index is 11.8. The predicted molar refractivity (Wildman–Crippen MR) is 122 cm³/mol. The molecule has 7 heteroatoms. The summed E-state index contributed by atoms with van der Waals surface area (Å²) >= 11 is 0. The van der Waals surface area contributed by atoms with E-state index in [1.165, 1.54) is 5.56 Å². The zero-order valence-corrected chi connectivity index (χ0v) is 17.5. The molecule has 5 rings (SSSR count). The standard InChI is InChI=1S/C25H23N5O2/c31-25(32)22-13-21(18-3-1-17(2-4-18)19-5-9-26-10-6-19)14-23(15-22)30-16-24(28-29-30)20-7-11-27-12-8-20/h1-4,7-8,11-16,19,26H,5-6,9-10H2,(H,31,32). The molecular formula is C25H23N5O2. The Hall–Kier alpha value is -3.84. The molecule has 3 heterocycles. The second-order valence-electron chi connectivity index (χ2n) is 8.00. The molecule has 0 spiro atoms. The maximum absolute atomic E-state index is 11.8. The molecule has 0 atom stereocenters. The average molecular weight is 425 g/mol. The lowest BCUT2D eigenvalue weighted by Gasteiger charge is -2.23. The number of rotatable bonds is 5. The second kappa shape index (κ2) is 8.72. The highest BCUT2D eigenvalue weighted by Crippen LogP contribution is 2.29. The quantitative estimate of drug-likeness (QED) is 0.499. The lowest BCUT2D eigenvalue weighted by molar-refractivity contribution is 0.0697. The topological polar surface area (TPSA) is 92.9 Å². The molecule has 0 bridgehead atoms. The van der Waals surface area contributed by atoms with Gasteiger partial charge in [0.2, 0.25) is 0 Å². The van der Waals surface area contributed by atoms with Crippen molar-refractivity contribution >= 4 is 5.97 Å². The van der Waals surface area contributed by atoms with Crippen molar-refractivity contribution in [3.63, 3.8) is 0 Å². The van der Waals surface area contributed by atoms with E-state index in [0.717, 1.165) is 42.6 Å². The number of hydrogen-bond acceptors (Lipinski definition) is 5. The minimum Gasteiger partial charge on any atom is -0.478 e. The Kier molecular flexibility index (Phi) is 5.47. The minimum absolute atomic E-state index is 0.209. The van der Waals surface area contributed by atoms with Crippen molar-refractivity contribution in [2.45, 2.75) is 18.8 Å². The molecule has 1 aliphatic rings. The first kappa shape index (κ1) is 20.1.